The summed E-state index contributed by atoms with van der Waals surface area (Å²) in [6, 6.07) is 8.60. The number of aryl methyl sites for hydroxylation is 1. The van der Waals surface area contributed by atoms with Crippen LogP contribution in [0.4, 0.5) is 11.4 Å². The van der Waals surface area contributed by atoms with Crippen LogP contribution in [-0.2, 0) is 4.79 Å². The Morgan fingerprint density at radius 1 is 1.25 bits per heavy atom. The van der Waals surface area contributed by atoms with Crippen LogP contribution in [0.5, 0.6) is 0 Å². The van der Waals surface area contributed by atoms with Crippen LogP contribution in [0.1, 0.15) is 35.4 Å². The van der Waals surface area contributed by atoms with Crippen LogP contribution in [0.2, 0.25) is 0 Å². The summed E-state index contributed by atoms with van der Waals surface area (Å²) >= 11 is 1.64. The monoisotopic (exact) mass is 401 g/mol. The molecule has 0 aliphatic carbocycles. The SMILES string of the molecule is CSCCC(NC(=O)c1ccco1)C(=O)Nc1ccc(N2CCCC2)c(C)c1. The van der Waals surface area contributed by atoms with Crippen LogP contribution >= 0.6 is 11.8 Å². The Bertz CT molecular complexity index is 801. The number of rotatable bonds is 8. The highest BCUT2D eigenvalue weighted by Crippen LogP contribution is 2.26. The van der Waals surface area contributed by atoms with Gasteiger partial charge in [-0.3, -0.25) is 9.59 Å². The van der Waals surface area contributed by atoms with Gasteiger partial charge in [0.2, 0.25) is 5.91 Å². The molecular formula is C21H27N3O3S. The number of furan rings is 1. The number of carbonyl (C=O) groups is 2. The van der Waals surface area contributed by atoms with Crippen LogP contribution < -0.4 is 15.5 Å². The lowest BCUT2D eigenvalue weighted by molar-refractivity contribution is -0.118. The minimum absolute atomic E-state index is 0.202. The molecule has 0 spiro atoms. The maximum Gasteiger partial charge on any atom is 0.287 e. The summed E-state index contributed by atoms with van der Waals surface area (Å²) in [5, 5.41) is 5.73. The van der Waals surface area contributed by atoms with E-state index in [0.717, 1.165) is 30.1 Å². The minimum atomic E-state index is -0.622. The highest BCUT2D eigenvalue weighted by molar-refractivity contribution is 7.98. The molecule has 1 atom stereocenters. The first-order chi connectivity index (χ1) is 13.6. The topological polar surface area (TPSA) is 74.6 Å². The highest BCUT2D eigenvalue weighted by Gasteiger charge is 2.23. The number of carbonyl (C=O) groups excluding carboxylic acids is 2. The lowest BCUT2D eigenvalue weighted by atomic mass is 10.1. The number of nitrogens with one attached hydrogen (secondary N) is 2. The van der Waals surface area contributed by atoms with E-state index < -0.39 is 6.04 Å². The fourth-order valence-electron chi connectivity index (χ4n) is 3.42. The Kier molecular flexibility index (Phi) is 7.03. The quantitative estimate of drug-likeness (QED) is 0.706. The predicted octanol–water partition coefficient (Wildman–Crippen LogP) is 3.68. The van der Waals surface area contributed by atoms with E-state index in [0.29, 0.717) is 6.42 Å². The molecule has 150 valence electrons. The Hall–Kier alpha value is -2.41. The van der Waals surface area contributed by atoms with Gasteiger partial charge in [0.15, 0.2) is 5.76 Å². The Morgan fingerprint density at radius 2 is 2.04 bits per heavy atom. The van der Waals surface area contributed by atoms with E-state index in [4.69, 9.17) is 4.42 Å². The molecule has 2 aromatic rings. The summed E-state index contributed by atoms with van der Waals surface area (Å²) < 4.78 is 5.12. The Morgan fingerprint density at radius 3 is 2.68 bits per heavy atom. The van der Waals surface area contributed by atoms with Crippen molar-refractivity contribution in [2.45, 2.75) is 32.2 Å². The maximum atomic E-state index is 12.8. The first-order valence-corrected chi connectivity index (χ1v) is 11.0. The maximum absolute atomic E-state index is 12.8. The molecule has 0 radical (unpaired) electrons. The Balaban J connectivity index is 1.66. The molecule has 0 saturated carbocycles. The van der Waals surface area contributed by atoms with Gasteiger partial charge in [-0.05, 0) is 74.1 Å². The second-order valence-electron chi connectivity index (χ2n) is 6.97. The van der Waals surface area contributed by atoms with Crippen molar-refractivity contribution in [3.8, 4) is 0 Å². The van der Waals surface area contributed by atoms with Crippen molar-refractivity contribution in [1.82, 2.24) is 5.32 Å². The summed E-state index contributed by atoms with van der Waals surface area (Å²) in [6.07, 6.45) is 6.42. The van der Waals surface area contributed by atoms with E-state index in [9.17, 15) is 9.59 Å². The lowest BCUT2D eigenvalue weighted by Crippen LogP contribution is -2.44. The number of hydrogen-bond acceptors (Lipinski definition) is 5. The number of thioether (sulfide) groups is 1. The Labute approximate surface area is 170 Å². The summed E-state index contributed by atoms with van der Waals surface area (Å²) in [4.78, 5) is 27.5. The fraction of sp³-hybridized carbons (Fsp3) is 0.429. The number of benzene rings is 1. The molecule has 1 aliphatic rings. The normalized spacial score (nSPS) is 14.7. The zero-order chi connectivity index (χ0) is 19.9. The van der Waals surface area contributed by atoms with Crippen molar-refractivity contribution in [2.24, 2.45) is 0 Å². The molecule has 1 saturated heterocycles. The van der Waals surface area contributed by atoms with Crippen LogP contribution in [0.3, 0.4) is 0 Å². The van der Waals surface area contributed by atoms with Gasteiger partial charge < -0.3 is 20.0 Å². The summed E-state index contributed by atoms with van der Waals surface area (Å²) in [6.45, 7) is 4.23. The number of nitrogens with zero attached hydrogens (tertiary/aromatic N) is 1. The molecule has 1 aliphatic heterocycles. The number of hydrogen-bond donors (Lipinski definition) is 2. The second kappa shape index (κ2) is 9.68. The van der Waals surface area contributed by atoms with Crippen molar-refractivity contribution in [1.29, 1.82) is 0 Å². The molecule has 1 fully saturated rings. The third-order valence-electron chi connectivity index (χ3n) is 4.89. The van der Waals surface area contributed by atoms with Gasteiger partial charge in [0.25, 0.3) is 5.91 Å². The molecule has 2 N–H and O–H groups in total. The van der Waals surface area contributed by atoms with Crippen molar-refractivity contribution in [2.75, 3.05) is 35.3 Å². The zero-order valence-electron chi connectivity index (χ0n) is 16.4. The molecule has 2 amide bonds. The fourth-order valence-corrected chi connectivity index (χ4v) is 3.89. The van der Waals surface area contributed by atoms with Crippen molar-refractivity contribution in [3.05, 3.63) is 47.9 Å². The van der Waals surface area contributed by atoms with E-state index in [1.165, 1.54) is 24.8 Å². The average molecular weight is 402 g/mol. The van der Waals surface area contributed by atoms with Gasteiger partial charge >= 0.3 is 0 Å². The van der Waals surface area contributed by atoms with E-state index in [1.54, 1.807) is 23.9 Å². The number of anilines is 2. The minimum Gasteiger partial charge on any atom is -0.459 e. The van der Waals surface area contributed by atoms with Crippen LogP contribution in [0, 0.1) is 6.92 Å². The highest BCUT2D eigenvalue weighted by atomic mass is 32.2. The van der Waals surface area contributed by atoms with Gasteiger partial charge in [-0.2, -0.15) is 11.8 Å². The summed E-state index contributed by atoms with van der Waals surface area (Å²) in [5.41, 5.74) is 3.10. The van der Waals surface area contributed by atoms with Crippen LogP contribution in [0.25, 0.3) is 0 Å². The third-order valence-corrected chi connectivity index (χ3v) is 5.53. The van der Waals surface area contributed by atoms with Crippen molar-refractivity contribution >= 4 is 35.0 Å². The van der Waals surface area contributed by atoms with E-state index in [2.05, 4.69) is 28.5 Å². The van der Waals surface area contributed by atoms with Gasteiger partial charge in [0, 0.05) is 24.5 Å². The lowest BCUT2D eigenvalue weighted by Gasteiger charge is -2.21. The van der Waals surface area contributed by atoms with Crippen LogP contribution in [-0.4, -0.2) is 43.0 Å². The molecule has 7 heteroatoms. The van der Waals surface area contributed by atoms with E-state index in [-0.39, 0.29) is 17.6 Å². The molecular weight excluding hydrogens is 374 g/mol. The van der Waals surface area contributed by atoms with Crippen molar-refractivity contribution < 1.29 is 14.0 Å². The summed E-state index contributed by atoms with van der Waals surface area (Å²) in [7, 11) is 0. The summed E-state index contributed by atoms with van der Waals surface area (Å²) in [5.74, 6) is 0.366. The van der Waals surface area contributed by atoms with Gasteiger partial charge in [-0.1, -0.05) is 0 Å². The third kappa shape index (κ3) is 5.10. The number of amides is 2. The standard InChI is InChI=1S/C21H27N3O3S/c1-15-14-16(7-8-18(15)24-10-3-4-11-24)22-20(25)17(9-13-28-2)23-21(26)19-6-5-12-27-19/h5-8,12,14,17H,3-4,9-11,13H2,1-2H3,(H,22,25)(H,23,26). The smallest absolute Gasteiger partial charge is 0.287 e. The van der Waals surface area contributed by atoms with Crippen LogP contribution in [0.15, 0.2) is 41.0 Å². The zero-order valence-corrected chi connectivity index (χ0v) is 17.2. The average Bonchev–Trinajstić information content (AvgIpc) is 3.38. The van der Waals surface area contributed by atoms with Crippen molar-refractivity contribution in [3.63, 3.8) is 0 Å². The molecule has 6 nitrogen and oxygen atoms in total. The molecule has 3 rings (SSSR count). The molecule has 2 heterocycles. The van der Waals surface area contributed by atoms with Gasteiger partial charge in [0.05, 0.1) is 6.26 Å². The second-order valence-corrected chi connectivity index (χ2v) is 7.96. The predicted molar refractivity (Wildman–Crippen MR) is 114 cm³/mol. The molecule has 1 aromatic heterocycles. The van der Waals surface area contributed by atoms with E-state index >= 15 is 0 Å². The molecule has 28 heavy (non-hydrogen) atoms. The first-order valence-electron chi connectivity index (χ1n) is 9.58. The van der Waals surface area contributed by atoms with Gasteiger partial charge in [-0.25, -0.2) is 0 Å². The first kappa shape index (κ1) is 20.3. The van der Waals surface area contributed by atoms with Gasteiger partial charge in [-0.15, -0.1) is 0 Å². The molecule has 1 unspecified atom stereocenters. The van der Waals surface area contributed by atoms with Gasteiger partial charge in [0.1, 0.15) is 6.04 Å². The molecule has 1 aromatic carbocycles. The van der Waals surface area contributed by atoms with E-state index in [1.807, 2.05) is 18.4 Å². The largest absolute Gasteiger partial charge is 0.459 e. The molecule has 0 bridgehead atoms.